The summed E-state index contributed by atoms with van der Waals surface area (Å²) in [6.45, 7) is 7.48. The monoisotopic (exact) mass is 702 g/mol. The maximum absolute atomic E-state index is 13.9. The van der Waals surface area contributed by atoms with E-state index in [0.717, 1.165) is 56.4 Å². The van der Waals surface area contributed by atoms with Gasteiger partial charge in [0.05, 0.1) is 39.0 Å². The third kappa shape index (κ3) is 7.33. The standard InChI is InChI=1S/C39H47ClN4O6/c1-5-50-23-22-44-32-9-7-6-8-31(32)41-37(44)35(45)27-14-18-42(19-15-27)20-16-39(29-10-12-30(40)13-11-29)17-21-43(26-39)38(46)28-24-33(47-2)36(49-4)34(25-28)48-3/h6-13,24-25,27H,5,14-23,26H2,1-4H3. The van der Waals surface area contributed by atoms with Gasteiger partial charge in [-0.2, -0.15) is 0 Å². The summed E-state index contributed by atoms with van der Waals surface area (Å²) in [6, 6.07) is 19.4. The Morgan fingerprint density at radius 1 is 0.920 bits per heavy atom. The number of ether oxygens (including phenoxy) is 4. The van der Waals surface area contributed by atoms with Crippen molar-refractivity contribution >= 4 is 34.3 Å². The number of benzene rings is 3. The molecule has 11 heteroatoms. The highest BCUT2D eigenvalue weighted by Crippen LogP contribution is 2.42. The Bertz CT molecular complexity index is 1780. The minimum Gasteiger partial charge on any atom is -0.493 e. The fourth-order valence-electron chi connectivity index (χ4n) is 7.58. The van der Waals surface area contributed by atoms with Crippen molar-refractivity contribution in [1.29, 1.82) is 0 Å². The zero-order valence-electron chi connectivity index (χ0n) is 29.5. The molecule has 0 aliphatic carbocycles. The first-order valence-electron chi connectivity index (χ1n) is 17.5. The van der Waals surface area contributed by atoms with Crippen molar-refractivity contribution in [3.8, 4) is 17.2 Å². The van der Waals surface area contributed by atoms with Gasteiger partial charge in [0.2, 0.25) is 11.5 Å². The van der Waals surface area contributed by atoms with Crippen LogP contribution in [0.15, 0.2) is 60.7 Å². The van der Waals surface area contributed by atoms with Crippen LogP contribution < -0.4 is 14.2 Å². The van der Waals surface area contributed by atoms with Crippen molar-refractivity contribution in [2.24, 2.45) is 5.92 Å². The number of carbonyl (C=O) groups is 2. The number of nitrogens with zero attached hydrogens (tertiary/aromatic N) is 4. The summed E-state index contributed by atoms with van der Waals surface area (Å²) in [7, 11) is 4.64. The molecule has 10 nitrogen and oxygen atoms in total. The van der Waals surface area contributed by atoms with Crippen molar-refractivity contribution in [2.45, 2.75) is 44.6 Å². The van der Waals surface area contributed by atoms with Crippen molar-refractivity contribution in [3.63, 3.8) is 0 Å². The quantitative estimate of drug-likeness (QED) is 0.108. The number of methoxy groups -OCH3 is 3. The second kappa shape index (κ2) is 15.8. The first-order chi connectivity index (χ1) is 24.3. The summed E-state index contributed by atoms with van der Waals surface area (Å²) < 4.78 is 24.2. The maximum Gasteiger partial charge on any atom is 0.254 e. The summed E-state index contributed by atoms with van der Waals surface area (Å²) in [6.07, 6.45) is 3.28. The van der Waals surface area contributed by atoms with Crippen molar-refractivity contribution in [3.05, 3.63) is 82.6 Å². The molecular formula is C39H47ClN4O6. The average Bonchev–Trinajstić information content (AvgIpc) is 3.76. The first kappa shape index (κ1) is 35.7. The van der Waals surface area contributed by atoms with Crippen molar-refractivity contribution in [2.75, 3.05) is 67.3 Å². The van der Waals surface area contributed by atoms with E-state index >= 15 is 0 Å². The summed E-state index contributed by atoms with van der Waals surface area (Å²) in [5, 5.41) is 0.686. The van der Waals surface area contributed by atoms with Gasteiger partial charge in [0.25, 0.3) is 5.91 Å². The van der Waals surface area contributed by atoms with Crippen LogP contribution in [0.2, 0.25) is 5.02 Å². The van der Waals surface area contributed by atoms with Crippen LogP contribution in [0.4, 0.5) is 0 Å². The van der Waals surface area contributed by atoms with Gasteiger partial charge < -0.3 is 33.3 Å². The number of piperidine rings is 1. The van der Waals surface area contributed by atoms with Crippen LogP contribution in [-0.2, 0) is 16.7 Å². The first-order valence-corrected chi connectivity index (χ1v) is 17.8. The molecule has 0 radical (unpaired) electrons. The van der Waals surface area contributed by atoms with Crippen LogP contribution in [0.1, 0.15) is 59.1 Å². The predicted octanol–water partition coefficient (Wildman–Crippen LogP) is 6.52. The molecule has 3 heterocycles. The van der Waals surface area contributed by atoms with Gasteiger partial charge in [0, 0.05) is 48.2 Å². The Hall–Kier alpha value is -4.12. The fraction of sp³-hybridized carbons (Fsp3) is 0.462. The molecular weight excluding hydrogens is 656 g/mol. The lowest BCUT2D eigenvalue weighted by atomic mass is 9.76. The third-order valence-corrected chi connectivity index (χ3v) is 10.7. The van der Waals surface area contributed by atoms with E-state index in [4.69, 9.17) is 35.5 Å². The molecule has 0 spiro atoms. The zero-order chi connectivity index (χ0) is 35.3. The molecule has 1 atom stereocenters. The highest BCUT2D eigenvalue weighted by molar-refractivity contribution is 6.30. The molecule has 0 N–H and O–H groups in total. The number of halogens is 1. The molecule has 266 valence electrons. The van der Waals surface area contributed by atoms with Crippen molar-refractivity contribution in [1.82, 2.24) is 19.4 Å². The van der Waals surface area contributed by atoms with Gasteiger partial charge in [-0.25, -0.2) is 4.98 Å². The molecule has 6 rings (SSSR count). The molecule has 4 aromatic rings. The van der Waals surface area contributed by atoms with Gasteiger partial charge >= 0.3 is 0 Å². The number of aromatic nitrogens is 2. The third-order valence-electron chi connectivity index (χ3n) is 10.4. The van der Waals surface area contributed by atoms with E-state index < -0.39 is 0 Å². The number of likely N-dealkylation sites (tertiary alicyclic amines) is 2. The summed E-state index contributed by atoms with van der Waals surface area (Å²) in [5.41, 5.74) is 3.24. The highest BCUT2D eigenvalue weighted by Gasteiger charge is 2.42. The lowest BCUT2D eigenvalue weighted by Gasteiger charge is -2.36. The summed E-state index contributed by atoms with van der Waals surface area (Å²) in [4.78, 5) is 37.0. The molecule has 0 saturated carbocycles. The number of fused-ring (bicyclic) bond motifs is 1. The second-order valence-corrected chi connectivity index (χ2v) is 13.6. The van der Waals surface area contributed by atoms with Gasteiger partial charge in [-0.05, 0) is 94.2 Å². The van der Waals surface area contributed by atoms with Gasteiger partial charge in [0.15, 0.2) is 17.3 Å². The maximum atomic E-state index is 13.9. The van der Waals surface area contributed by atoms with E-state index in [1.165, 1.54) is 5.56 Å². The lowest BCUT2D eigenvalue weighted by molar-refractivity contribution is 0.0777. The highest BCUT2D eigenvalue weighted by atomic mass is 35.5. The van der Waals surface area contributed by atoms with Crippen LogP contribution in [0, 0.1) is 5.92 Å². The lowest BCUT2D eigenvalue weighted by Crippen LogP contribution is -2.41. The minimum atomic E-state index is -0.237. The molecule has 1 unspecified atom stereocenters. The van der Waals surface area contributed by atoms with Gasteiger partial charge in [-0.15, -0.1) is 0 Å². The predicted molar refractivity (Wildman–Crippen MR) is 194 cm³/mol. The van der Waals surface area contributed by atoms with Crippen LogP contribution in [0.3, 0.4) is 0 Å². The van der Waals surface area contributed by atoms with Crippen molar-refractivity contribution < 1.29 is 28.5 Å². The van der Waals surface area contributed by atoms with E-state index in [1.807, 2.05) is 52.8 Å². The largest absolute Gasteiger partial charge is 0.493 e. The van der Waals surface area contributed by atoms with Crippen LogP contribution in [0.5, 0.6) is 17.2 Å². The van der Waals surface area contributed by atoms with Gasteiger partial charge in [-0.3, -0.25) is 9.59 Å². The molecule has 2 aliphatic rings. The Morgan fingerprint density at radius 2 is 1.62 bits per heavy atom. The van der Waals surface area contributed by atoms with Crippen LogP contribution >= 0.6 is 11.6 Å². The molecule has 1 amide bonds. The number of rotatable bonds is 14. The smallest absolute Gasteiger partial charge is 0.254 e. The van der Waals surface area contributed by atoms with Crippen LogP contribution in [0.25, 0.3) is 11.0 Å². The Kier molecular flexibility index (Phi) is 11.3. The van der Waals surface area contributed by atoms with E-state index in [-0.39, 0.29) is 23.0 Å². The number of hydrogen-bond donors (Lipinski definition) is 0. The number of ketones is 1. The van der Waals surface area contributed by atoms with Gasteiger partial charge in [0.1, 0.15) is 0 Å². The molecule has 1 aromatic heterocycles. The number of Topliss-reactive ketones (excluding diaryl/α,β-unsaturated/α-hetero) is 1. The molecule has 3 aromatic carbocycles. The number of amides is 1. The number of para-hydroxylation sites is 2. The number of carbonyl (C=O) groups excluding carboxylic acids is 2. The average molecular weight is 703 g/mol. The normalized spacial score (nSPS) is 18.5. The second-order valence-electron chi connectivity index (χ2n) is 13.2. The summed E-state index contributed by atoms with van der Waals surface area (Å²) in [5.74, 6) is 1.85. The SMILES string of the molecule is CCOCCn1c(C(=O)C2CCN(CCC3(c4ccc(Cl)cc4)CCN(C(=O)c4cc(OC)c(OC)c(OC)c4)C3)CC2)nc2ccccc21. The minimum absolute atomic E-state index is 0.0720. The van der Waals surface area contributed by atoms with Crippen LogP contribution in [-0.4, -0.2) is 98.3 Å². The molecule has 2 aliphatic heterocycles. The number of hydrogen-bond acceptors (Lipinski definition) is 8. The summed E-state index contributed by atoms with van der Waals surface area (Å²) >= 11 is 6.30. The Morgan fingerprint density at radius 3 is 2.28 bits per heavy atom. The Balaban J connectivity index is 1.14. The molecule has 2 saturated heterocycles. The molecule has 2 fully saturated rings. The van der Waals surface area contributed by atoms with E-state index in [1.54, 1.807) is 33.5 Å². The zero-order valence-corrected chi connectivity index (χ0v) is 30.2. The Labute approximate surface area is 299 Å². The van der Waals surface area contributed by atoms with E-state index in [9.17, 15) is 9.59 Å². The van der Waals surface area contributed by atoms with E-state index in [2.05, 4.69) is 17.0 Å². The fourth-order valence-corrected chi connectivity index (χ4v) is 7.71. The van der Waals surface area contributed by atoms with Gasteiger partial charge in [-0.1, -0.05) is 35.9 Å². The van der Waals surface area contributed by atoms with E-state index in [0.29, 0.717) is 66.5 Å². The topological polar surface area (TPSA) is 95.4 Å². The molecule has 50 heavy (non-hydrogen) atoms. The molecule has 0 bridgehead atoms. The number of imidazole rings is 1.